The van der Waals surface area contributed by atoms with Crippen LogP contribution in [0.4, 0.5) is 0 Å². The summed E-state index contributed by atoms with van der Waals surface area (Å²) in [7, 11) is -3.14. The summed E-state index contributed by atoms with van der Waals surface area (Å²) in [4.78, 5) is 4.58. The summed E-state index contributed by atoms with van der Waals surface area (Å²) in [5.74, 6) is 0.758. The molecule has 0 unspecified atom stereocenters. The number of nitrogens with one attached hydrogen (secondary N) is 2. The lowest BCUT2D eigenvalue weighted by Crippen LogP contribution is -2.42. The molecule has 1 aromatic carbocycles. The SMILES string of the molecule is CCCCNC(=NCc1ccc(C)cc1)NCCS(=O)(=O)C(C)(C)C. The molecule has 0 radical (unpaired) electrons. The van der Waals surface area contributed by atoms with Gasteiger partial charge in [-0.25, -0.2) is 13.4 Å². The Balaban J connectivity index is 2.66. The quantitative estimate of drug-likeness (QED) is 0.421. The molecular weight excluding hydrogens is 334 g/mol. The summed E-state index contributed by atoms with van der Waals surface area (Å²) < 4.78 is 23.7. The van der Waals surface area contributed by atoms with Gasteiger partial charge < -0.3 is 10.6 Å². The molecule has 1 aromatic rings. The molecule has 25 heavy (non-hydrogen) atoms. The summed E-state index contributed by atoms with van der Waals surface area (Å²) in [6, 6.07) is 8.26. The first-order valence-corrected chi connectivity index (χ1v) is 10.6. The Morgan fingerprint density at radius 2 is 1.68 bits per heavy atom. The van der Waals surface area contributed by atoms with Gasteiger partial charge in [-0.2, -0.15) is 0 Å². The molecule has 0 aliphatic rings. The number of aryl methyl sites for hydroxylation is 1. The van der Waals surface area contributed by atoms with Gasteiger partial charge in [0.1, 0.15) is 0 Å². The molecule has 0 spiro atoms. The van der Waals surface area contributed by atoms with Crippen molar-refractivity contribution >= 4 is 15.8 Å². The topological polar surface area (TPSA) is 70.6 Å². The van der Waals surface area contributed by atoms with Crippen molar-refractivity contribution in [1.82, 2.24) is 10.6 Å². The third kappa shape index (κ3) is 7.90. The van der Waals surface area contributed by atoms with Gasteiger partial charge in [0.15, 0.2) is 15.8 Å². The molecule has 5 nitrogen and oxygen atoms in total. The van der Waals surface area contributed by atoms with Crippen molar-refractivity contribution < 1.29 is 8.42 Å². The van der Waals surface area contributed by atoms with E-state index in [2.05, 4.69) is 53.7 Å². The van der Waals surface area contributed by atoms with E-state index in [-0.39, 0.29) is 5.75 Å². The van der Waals surface area contributed by atoms with Crippen LogP contribution in [0.1, 0.15) is 51.7 Å². The van der Waals surface area contributed by atoms with Crippen LogP contribution in [-0.4, -0.2) is 38.0 Å². The van der Waals surface area contributed by atoms with Crippen LogP contribution in [0.2, 0.25) is 0 Å². The first-order chi connectivity index (χ1) is 11.7. The van der Waals surface area contributed by atoms with Gasteiger partial charge in [0, 0.05) is 13.1 Å². The van der Waals surface area contributed by atoms with E-state index in [0.29, 0.717) is 19.0 Å². The van der Waals surface area contributed by atoms with Crippen LogP contribution in [0.3, 0.4) is 0 Å². The zero-order valence-electron chi connectivity index (χ0n) is 16.2. The minimum absolute atomic E-state index is 0.0928. The van der Waals surface area contributed by atoms with E-state index < -0.39 is 14.6 Å². The van der Waals surface area contributed by atoms with Gasteiger partial charge in [-0.1, -0.05) is 43.2 Å². The molecule has 0 aliphatic heterocycles. The number of sulfone groups is 1. The zero-order chi connectivity index (χ0) is 18.9. The van der Waals surface area contributed by atoms with E-state index >= 15 is 0 Å². The molecule has 142 valence electrons. The monoisotopic (exact) mass is 367 g/mol. The smallest absolute Gasteiger partial charge is 0.191 e. The maximum atomic E-state index is 12.2. The summed E-state index contributed by atoms with van der Waals surface area (Å²) in [5, 5.41) is 6.42. The number of rotatable bonds is 8. The number of aliphatic imine (C=N–C) groups is 1. The fraction of sp³-hybridized carbons (Fsp3) is 0.632. The van der Waals surface area contributed by atoms with Crippen LogP contribution in [0, 0.1) is 6.92 Å². The van der Waals surface area contributed by atoms with Gasteiger partial charge in [0.05, 0.1) is 17.0 Å². The van der Waals surface area contributed by atoms with Gasteiger partial charge in [-0.15, -0.1) is 0 Å². The van der Waals surface area contributed by atoms with Crippen LogP contribution in [0.5, 0.6) is 0 Å². The Bertz CT molecular complexity index is 644. The Hall–Kier alpha value is -1.56. The van der Waals surface area contributed by atoms with Crippen molar-refractivity contribution in [2.75, 3.05) is 18.8 Å². The van der Waals surface area contributed by atoms with Gasteiger partial charge >= 0.3 is 0 Å². The molecule has 0 saturated carbocycles. The predicted octanol–water partition coefficient (Wildman–Crippen LogP) is 3.04. The van der Waals surface area contributed by atoms with Gasteiger partial charge in [-0.3, -0.25) is 0 Å². The van der Waals surface area contributed by atoms with E-state index in [1.165, 1.54) is 5.56 Å². The van der Waals surface area contributed by atoms with Crippen LogP contribution in [-0.2, 0) is 16.4 Å². The number of guanidine groups is 1. The Kier molecular flexibility index (Phi) is 8.42. The van der Waals surface area contributed by atoms with Crippen molar-refractivity contribution in [2.45, 2.75) is 58.8 Å². The maximum Gasteiger partial charge on any atom is 0.191 e. The molecule has 0 bridgehead atoms. The highest BCUT2D eigenvalue weighted by Crippen LogP contribution is 2.15. The second kappa shape index (κ2) is 9.80. The molecule has 0 saturated heterocycles. The fourth-order valence-corrected chi connectivity index (χ4v) is 3.01. The molecule has 0 aliphatic carbocycles. The molecule has 2 N–H and O–H groups in total. The summed E-state index contributed by atoms with van der Waals surface area (Å²) in [5.41, 5.74) is 2.35. The highest BCUT2D eigenvalue weighted by molar-refractivity contribution is 7.92. The molecule has 0 amide bonds. The Morgan fingerprint density at radius 3 is 2.24 bits per heavy atom. The summed E-state index contributed by atoms with van der Waals surface area (Å²) in [6.45, 7) is 11.1. The minimum Gasteiger partial charge on any atom is -0.356 e. The van der Waals surface area contributed by atoms with E-state index in [1.54, 1.807) is 20.8 Å². The molecule has 6 heteroatoms. The number of unbranched alkanes of at least 4 members (excludes halogenated alkanes) is 1. The number of hydrogen-bond donors (Lipinski definition) is 2. The number of benzene rings is 1. The lowest BCUT2D eigenvalue weighted by atomic mass is 10.1. The van der Waals surface area contributed by atoms with Crippen molar-refractivity contribution in [3.05, 3.63) is 35.4 Å². The Labute approximate surface area is 153 Å². The fourth-order valence-electron chi connectivity index (χ4n) is 2.03. The van der Waals surface area contributed by atoms with Crippen LogP contribution < -0.4 is 10.6 Å². The molecular formula is C19H33N3O2S. The third-order valence-electron chi connectivity index (χ3n) is 3.96. The largest absolute Gasteiger partial charge is 0.356 e. The molecule has 0 fully saturated rings. The first-order valence-electron chi connectivity index (χ1n) is 8.96. The molecule has 0 atom stereocenters. The summed E-state index contributed by atoms with van der Waals surface area (Å²) in [6.07, 6.45) is 2.14. The van der Waals surface area contributed by atoms with Crippen molar-refractivity contribution in [2.24, 2.45) is 4.99 Å². The average molecular weight is 368 g/mol. The van der Waals surface area contributed by atoms with Crippen LogP contribution in [0.25, 0.3) is 0 Å². The Morgan fingerprint density at radius 1 is 1.08 bits per heavy atom. The molecule has 0 aromatic heterocycles. The van der Waals surface area contributed by atoms with E-state index in [1.807, 2.05) is 0 Å². The second-order valence-electron chi connectivity index (χ2n) is 7.29. The van der Waals surface area contributed by atoms with Crippen LogP contribution in [0.15, 0.2) is 29.3 Å². The lowest BCUT2D eigenvalue weighted by Gasteiger charge is -2.20. The lowest BCUT2D eigenvalue weighted by molar-refractivity contribution is 0.559. The summed E-state index contributed by atoms with van der Waals surface area (Å²) >= 11 is 0. The van der Waals surface area contributed by atoms with Crippen molar-refractivity contribution in [3.63, 3.8) is 0 Å². The van der Waals surface area contributed by atoms with E-state index in [9.17, 15) is 8.42 Å². The zero-order valence-corrected chi connectivity index (χ0v) is 17.0. The standard InChI is InChI=1S/C19H33N3O2S/c1-6-7-12-20-18(21-13-14-25(23,24)19(3,4)5)22-15-17-10-8-16(2)9-11-17/h8-11H,6-7,12-15H2,1-5H3,(H2,20,21,22). The second-order valence-corrected chi connectivity index (χ2v) is 10.2. The van der Waals surface area contributed by atoms with Crippen molar-refractivity contribution in [3.8, 4) is 0 Å². The normalized spacial score (nSPS) is 12.9. The minimum atomic E-state index is -3.14. The predicted molar refractivity (Wildman–Crippen MR) is 107 cm³/mol. The van der Waals surface area contributed by atoms with Gasteiger partial charge in [0.25, 0.3) is 0 Å². The average Bonchev–Trinajstić information content (AvgIpc) is 2.52. The number of hydrogen-bond acceptors (Lipinski definition) is 3. The van der Waals surface area contributed by atoms with E-state index in [4.69, 9.17) is 0 Å². The number of nitrogens with zero attached hydrogens (tertiary/aromatic N) is 1. The highest BCUT2D eigenvalue weighted by Gasteiger charge is 2.28. The molecule has 1 rings (SSSR count). The highest BCUT2D eigenvalue weighted by atomic mass is 32.2. The van der Waals surface area contributed by atoms with Gasteiger partial charge in [0.2, 0.25) is 0 Å². The molecule has 0 heterocycles. The van der Waals surface area contributed by atoms with E-state index in [0.717, 1.165) is 24.9 Å². The van der Waals surface area contributed by atoms with Gasteiger partial charge in [-0.05, 0) is 39.7 Å². The van der Waals surface area contributed by atoms with Crippen molar-refractivity contribution in [1.29, 1.82) is 0 Å². The first kappa shape index (κ1) is 21.5. The third-order valence-corrected chi connectivity index (χ3v) is 6.57. The maximum absolute atomic E-state index is 12.2. The van der Waals surface area contributed by atoms with Crippen LogP contribution >= 0.6 is 0 Å².